The van der Waals surface area contributed by atoms with Crippen molar-refractivity contribution >= 4 is 17.7 Å². The van der Waals surface area contributed by atoms with Gasteiger partial charge in [0, 0.05) is 5.41 Å². The molecule has 1 aromatic rings. The van der Waals surface area contributed by atoms with Crippen LogP contribution in [0.5, 0.6) is 5.75 Å². The molecule has 3 N–H and O–H groups in total. The van der Waals surface area contributed by atoms with Crippen molar-refractivity contribution < 1.29 is 19.7 Å². The molecule has 2 aliphatic rings. The highest BCUT2D eigenvalue weighted by Gasteiger charge is 2.35. The standard InChI is InChI=1S/C19H27NO4S/c1-2-19(9-3-4-14(21)11-19)12-24-15-7-5-13(6-8-15)10-16-17(22)20-18(23)25-16/h5-8,14,16,18,21,23H,2-4,9-12H2,1H3,(H,20,22). The number of nitrogens with one attached hydrogen (secondary N) is 1. The molecule has 0 radical (unpaired) electrons. The molecule has 0 spiro atoms. The minimum Gasteiger partial charge on any atom is -0.493 e. The second-order valence-electron chi connectivity index (χ2n) is 7.23. The molecule has 138 valence electrons. The lowest BCUT2D eigenvalue weighted by Crippen LogP contribution is -2.36. The third-order valence-corrected chi connectivity index (χ3v) is 6.49. The van der Waals surface area contributed by atoms with Crippen molar-refractivity contribution in [2.24, 2.45) is 5.41 Å². The Morgan fingerprint density at radius 2 is 2.08 bits per heavy atom. The Bertz CT molecular complexity index is 594. The lowest BCUT2D eigenvalue weighted by atomic mass is 9.72. The Kier molecular flexibility index (Phi) is 5.92. The van der Waals surface area contributed by atoms with Crippen LogP contribution in [0.3, 0.4) is 0 Å². The van der Waals surface area contributed by atoms with Gasteiger partial charge in [0.2, 0.25) is 5.91 Å². The molecule has 0 bridgehead atoms. The van der Waals surface area contributed by atoms with Crippen molar-refractivity contribution in [3.8, 4) is 5.75 Å². The van der Waals surface area contributed by atoms with Gasteiger partial charge in [-0.2, -0.15) is 0 Å². The fourth-order valence-electron chi connectivity index (χ4n) is 3.75. The maximum absolute atomic E-state index is 11.7. The van der Waals surface area contributed by atoms with Crippen molar-refractivity contribution in [3.05, 3.63) is 29.8 Å². The number of hydrogen-bond acceptors (Lipinski definition) is 5. The summed E-state index contributed by atoms with van der Waals surface area (Å²) in [6.07, 6.45) is 5.29. The SMILES string of the molecule is CCC1(COc2ccc(CC3SC(O)NC3=O)cc2)CCCC(O)C1. The number of ether oxygens (including phenoxy) is 1. The number of carbonyl (C=O) groups is 1. The maximum atomic E-state index is 11.7. The van der Waals surface area contributed by atoms with Crippen LogP contribution in [0.25, 0.3) is 0 Å². The number of rotatable bonds is 6. The predicted octanol–water partition coefficient (Wildman–Crippen LogP) is 2.45. The second kappa shape index (κ2) is 7.98. The van der Waals surface area contributed by atoms with E-state index in [2.05, 4.69) is 12.2 Å². The summed E-state index contributed by atoms with van der Waals surface area (Å²) in [7, 11) is 0. The average molecular weight is 365 g/mol. The minimum atomic E-state index is -0.795. The lowest BCUT2D eigenvalue weighted by molar-refractivity contribution is -0.121. The van der Waals surface area contributed by atoms with Gasteiger partial charge in [-0.1, -0.05) is 37.2 Å². The van der Waals surface area contributed by atoms with E-state index >= 15 is 0 Å². The molecule has 25 heavy (non-hydrogen) atoms. The Hall–Kier alpha value is -1.24. The van der Waals surface area contributed by atoms with Crippen LogP contribution in [0.4, 0.5) is 0 Å². The summed E-state index contributed by atoms with van der Waals surface area (Å²) in [5.74, 6) is 0.707. The number of aliphatic hydroxyl groups is 2. The molecular formula is C19H27NO4S. The molecular weight excluding hydrogens is 338 g/mol. The number of aliphatic hydroxyl groups excluding tert-OH is 2. The molecule has 1 saturated heterocycles. The zero-order valence-electron chi connectivity index (χ0n) is 14.6. The van der Waals surface area contributed by atoms with Gasteiger partial charge in [-0.15, -0.1) is 0 Å². The average Bonchev–Trinajstić information content (AvgIpc) is 2.91. The first-order valence-electron chi connectivity index (χ1n) is 9.03. The molecule has 1 aliphatic carbocycles. The van der Waals surface area contributed by atoms with E-state index in [0.29, 0.717) is 13.0 Å². The Morgan fingerprint density at radius 1 is 1.32 bits per heavy atom. The van der Waals surface area contributed by atoms with Crippen LogP contribution >= 0.6 is 11.8 Å². The van der Waals surface area contributed by atoms with Crippen LogP contribution in [0.15, 0.2) is 24.3 Å². The van der Waals surface area contributed by atoms with Gasteiger partial charge in [0.05, 0.1) is 18.0 Å². The number of benzene rings is 1. The van der Waals surface area contributed by atoms with Gasteiger partial charge in [-0.3, -0.25) is 4.79 Å². The summed E-state index contributed by atoms with van der Waals surface area (Å²) in [5, 5.41) is 21.7. The quantitative estimate of drug-likeness (QED) is 0.722. The Morgan fingerprint density at radius 3 is 2.68 bits per heavy atom. The fourth-order valence-corrected chi connectivity index (χ4v) is 4.73. The van der Waals surface area contributed by atoms with E-state index < -0.39 is 5.56 Å². The van der Waals surface area contributed by atoms with E-state index in [0.717, 1.165) is 43.4 Å². The third-order valence-electron chi connectivity index (χ3n) is 5.40. The van der Waals surface area contributed by atoms with Crippen LogP contribution in [0.2, 0.25) is 0 Å². The number of hydrogen-bond donors (Lipinski definition) is 3. The zero-order chi connectivity index (χ0) is 17.9. The lowest BCUT2D eigenvalue weighted by Gasteiger charge is -2.38. The van der Waals surface area contributed by atoms with Crippen LogP contribution in [0.1, 0.15) is 44.6 Å². The largest absolute Gasteiger partial charge is 0.493 e. The van der Waals surface area contributed by atoms with Crippen molar-refractivity contribution in [1.82, 2.24) is 5.32 Å². The summed E-state index contributed by atoms with van der Waals surface area (Å²) in [6.45, 7) is 2.80. The molecule has 4 atom stereocenters. The first-order valence-corrected chi connectivity index (χ1v) is 9.98. The van der Waals surface area contributed by atoms with Gasteiger partial charge < -0.3 is 20.3 Å². The number of amides is 1. The van der Waals surface area contributed by atoms with E-state index in [9.17, 15) is 15.0 Å². The van der Waals surface area contributed by atoms with E-state index in [1.165, 1.54) is 11.8 Å². The van der Waals surface area contributed by atoms with E-state index in [4.69, 9.17) is 4.74 Å². The highest BCUT2D eigenvalue weighted by molar-refractivity contribution is 8.01. The summed E-state index contributed by atoms with van der Waals surface area (Å²) in [5.41, 5.74) is 0.328. The monoisotopic (exact) mass is 365 g/mol. The predicted molar refractivity (Wildman–Crippen MR) is 98.4 cm³/mol. The third kappa shape index (κ3) is 4.68. The van der Waals surface area contributed by atoms with Crippen molar-refractivity contribution in [2.45, 2.75) is 62.4 Å². The van der Waals surface area contributed by atoms with Crippen molar-refractivity contribution in [2.75, 3.05) is 6.61 Å². The Labute approximate surface area is 153 Å². The molecule has 1 aliphatic heterocycles. The molecule has 1 amide bonds. The van der Waals surface area contributed by atoms with Gasteiger partial charge in [-0.25, -0.2) is 0 Å². The highest BCUT2D eigenvalue weighted by atomic mass is 32.2. The van der Waals surface area contributed by atoms with Gasteiger partial charge in [-0.05, 0) is 49.8 Å². The fraction of sp³-hybridized carbons (Fsp3) is 0.632. The van der Waals surface area contributed by atoms with Gasteiger partial charge in [0.15, 0.2) is 5.56 Å². The van der Waals surface area contributed by atoms with Gasteiger partial charge >= 0.3 is 0 Å². The van der Waals surface area contributed by atoms with Crippen LogP contribution in [0, 0.1) is 5.41 Å². The maximum Gasteiger partial charge on any atom is 0.236 e. The smallest absolute Gasteiger partial charge is 0.236 e. The summed E-state index contributed by atoms with van der Waals surface area (Å²) >= 11 is 1.24. The number of thioether (sulfide) groups is 1. The molecule has 4 unspecified atom stereocenters. The molecule has 0 aromatic heterocycles. The van der Waals surface area contributed by atoms with E-state index in [-0.39, 0.29) is 22.7 Å². The summed E-state index contributed by atoms with van der Waals surface area (Å²) < 4.78 is 6.02. The van der Waals surface area contributed by atoms with Crippen LogP contribution in [-0.4, -0.2) is 39.6 Å². The minimum absolute atomic E-state index is 0.0745. The highest BCUT2D eigenvalue weighted by Crippen LogP contribution is 2.39. The normalized spacial score (nSPS) is 32.4. The molecule has 3 rings (SSSR count). The van der Waals surface area contributed by atoms with E-state index in [1.54, 1.807) is 0 Å². The molecule has 2 fully saturated rings. The first-order chi connectivity index (χ1) is 12.0. The molecule has 1 saturated carbocycles. The van der Waals surface area contributed by atoms with Crippen LogP contribution < -0.4 is 10.1 Å². The molecule has 6 heteroatoms. The van der Waals surface area contributed by atoms with Gasteiger partial charge in [0.25, 0.3) is 0 Å². The zero-order valence-corrected chi connectivity index (χ0v) is 15.4. The van der Waals surface area contributed by atoms with Crippen molar-refractivity contribution in [1.29, 1.82) is 0 Å². The topological polar surface area (TPSA) is 78.8 Å². The molecule has 1 aromatic carbocycles. The Balaban J connectivity index is 1.54. The van der Waals surface area contributed by atoms with E-state index in [1.807, 2.05) is 24.3 Å². The second-order valence-corrected chi connectivity index (χ2v) is 8.51. The molecule has 1 heterocycles. The van der Waals surface area contributed by atoms with Gasteiger partial charge in [0.1, 0.15) is 5.75 Å². The number of carbonyl (C=O) groups excluding carboxylic acids is 1. The summed E-state index contributed by atoms with van der Waals surface area (Å²) in [4.78, 5) is 11.7. The molecule has 5 nitrogen and oxygen atoms in total. The summed E-state index contributed by atoms with van der Waals surface area (Å²) in [6, 6.07) is 7.82. The van der Waals surface area contributed by atoms with Crippen LogP contribution in [-0.2, 0) is 11.2 Å². The first kappa shape index (κ1) is 18.5. The van der Waals surface area contributed by atoms with Crippen molar-refractivity contribution in [3.63, 3.8) is 0 Å².